The first-order chi connectivity index (χ1) is 6.63. The van der Waals surface area contributed by atoms with Gasteiger partial charge in [-0.25, -0.2) is 4.79 Å². The minimum atomic E-state index is -0.371. The zero-order chi connectivity index (χ0) is 10.6. The Labute approximate surface area is 88.1 Å². The van der Waals surface area contributed by atoms with Gasteiger partial charge < -0.3 is 4.74 Å². The monoisotopic (exact) mass is 210 g/mol. The largest absolute Gasteiger partial charge is 0.466 e. The molecule has 0 fully saturated rings. The first kappa shape index (κ1) is 10.8. The molecule has 0 spiro atoms. The van der Waals surface area contributed by atoms with Crippen LogP contribution >= 0.6 is 11.6 Å². The SMILES string of the molecule is COC(=O)C=Cc1cc(Cl)ccc1C. The zero-order valence-corrected chi connectivity index (χ0v) is 8.84. The molecule has 0 amide bonds. The smallest absolute Gasteiger partial charge is 0.330 e. The van der Waals surface area contributed by atoms with Crippen molar-refractivity contribution in [1.82, 2.24) is 0 Å². The Morgan fingerprint density at radius 1 is 1.50 bits per heavy atom. The fraction of sp³-hybridized carbons (Fsp3) is 0.182. The molecule has 0 saturated heterocycles. The first-order valence-electron chi connectivity index (χ1n) is 4.15. The van der Waals surface area contributed by atoms with Gasteiger partial charge >= 0.3 is 5.97 Å². The lowest BCUT2D eigenvalue weighted by molar-refractivity contribution is -0.134. The second-order valence-electron chi connectivity index (χ2n) is 2.86. The summed E-state index contributed by atoms with van der Waals surface area (Å²) in [5.74, 6) is -0.371. The lowest BCUT2D eigenvalue weighted by Gasteiger charge is -1.99. The highest BCUT2D eigenvalue weighted by atomic mass is 35.5. The van der Waals surface area contributed by atoms with Gasteiger partial charge in [0.05, 0.1) is 7.11 Å². The average molecular weight is 211 g/mol. The molecule has 0 aliphatic rings. The molecule has 0 saturated carbocycles. The Hall–Kier alpha value is -1.28. The van der Waals surface area contributed by atoms with Crippen LogP contribution in [-0.4, -0.2) is 13.1 Å². The summed E-state index contributed by atoms with van der Waals surface area (Å²) < 4.78 is 4.48. The molecule has 3 heteroatoms. The number of hydrogen-bond acceptors (Lipinski definition) is 2. The fourth-order valence-electron chi connectivity index (χ4n) is 1.02. The summed E-state index contributed by atoms with van der Waals surface area (Å²) >= 11 is 5.82. The van der Waals surface area contributed by atoms with Crippen molar-refractivity contribution in [2.24, 2.45) is 0 Å². The number of carbonyl (C=O) groups is 1. The second kappa shape index (κ2) is 4.82. The van der Waals surface area contributed by atoms with Gasteiger partial charge in [-0.05, 0) is 36.3 Å². The van der Waals surface area contributed by atoms with Crippen LogP contribution in [0.15, 0.2) is 24.3 Å². The van der Waals surface area contributed by atoms with E-state index in [1.54, 1.807) is 12.1 Å². The Bertz CT molecular complexity index is 370. The van der Waals surface area contributed by atoms with Crippen LogP contribution in [0.5, 0.6) is 0 Å². The van der Waals surface area contributed by atoms with E-state index in [1.807, 2.05) is 19.1 Å². The van der Waals surface area contributed by atoms with Crippen molar-refractivity contribution in [2.75, 3.05) is 7.11 Å². The van der Waals surface area contributed by atoms with E-state index in [0.717, 1.165) is 11.1 Å². The molecule has 0 heterocycles. The first-order valence-corrected chi connectivity index (χ1v) is 4.53. The number of halogens is 1. The summed E-state index contributed by atoms with van der Waals surface area (Å²) in [5.41, 5.74) is 1.98. The van der Waals surface area contributed by atoms with E-state index in [9.17, 15) is 4.79 Å². The van der Waals surface area contributed by atoms with Crippen molar-refractivity contribution in [3.8, 4) is 0 Å². The van der Waals surface area contributed by atoms with Gasteiger partial charge in [0.1, 0.15) is 0 Å². The van der Waals surface area contributed by atoms with Gasteiger partial charge in [0.15, 0.2) is 0 Å². The van der Waals surface area contributed by atoms with Crippen molar-refractivity contribution < 1.29 is 9.53 Å². The van der Waals surface area contributed by atoms with Crippen LogP contribution < -0.4 is 0 Å². The average Bonchev–Trinajstić information content (AvgIpc) is 2.19. The molecule has 0 N–H and O–H groups in total. The Kier molecular flexibility index (Phi) is 3.72. The number of aryl methyl sites for hydroxylation is 1. The Morgan fingerprint density at radius 3 is 2.86 bits per heavy atom. The molecule has 0 aromatic heterocycles. The van der Waals surface area contributed by atoms with E-state index >= 15 is 0 Å². The van der Waals surface area contributed by atoms with Gasteiger partial charge in [-0.15, -0.1) is 0 Å². The predicted octanol–water partition coefficient (Wildman–Crippen LogP) is 2.83. The third-order valence-corrected chi connectivity index (χ3v) is 2.08. The lowest BCUT2D eigenvalue weighted by Crippen LogP contribution is -1.93. The molecule has 74 valence electrons. The van der Waals surface area contributed by atoms with Gasteiger partial charge in [0, 0.05) is 11.1 Å². The maximum absolute atomic E-state index is 10.8. The second-order valence-corrected chi connectivity index (χ2v) is 3.29. The zero-order valence-electron chi connectivity index (χ0n) is 8.08. The molecule has 1 rings (SSSR count). The van der Waals surface area contributed by atoms with E-state index in [-0.39, 0.29) is 5.97 Å². The summed E-state index contributed by atoms with van der Waals surface area (Å²) in [5, 5.41) is 0.653. The molecule has 1 aromatic rings. The summed E-state index contributed by atoms with van der Waals surface area (Å²) in [6, 6.07) is 5.52. The third-order valence-electron chi connectivity index (χ3n) is 1.84. The lowest BCUT2D eigenvalue weighted by atomic mass is 10.1. The van der Waals surface area contributed by atoms with Gasteiger partial charge in [-0.1, -0.05) is 17.7 Å². The highest BCUT2D eigenvalue weighted by molar-refractivity contribution is 6.30. The standard InChI is InChI=1S/C11H11ClO2/c1-8-3-5-10(12)7-9(8)4-6-11(13)14-2/h3-7H,1-2H3. The maximum Gasteiger partial charge on any atom is 0.330 e. The molecule has 0 atom stereocenters. The van der Waals surface area contributed by atoms with E-state index in [0.29, 0.717) is 5.02 Å². The summed E-state index contributed by atoms with van der Waals surface area (Å²) in [6.45, 7) is 1.95. The molecule has 2 nitrogen and oxygen atoms in total. The fourth-order valence-corrected chi connectivity index (χ4v) is 1.20. The Balaban J connectivity index is 2.90. The molecular weight excluding hydrogens is 200 g/mol. The topological polar surface area (TPSA) is 26.3 Å². The minimum Gasteiger partial charge on any atom is -0.466 e. The number of methoxy groups -OCH3 is 1. The van der Waals surface area contributed by atoms with Crippen LogP contribution in [0.1, 0.15) is 11.1 Å². The highest BCUT2D eigenvalue weighted by Gasteiger charge is 1.97. The van der Waals surface area contributed by atoms with Crippen LogP contribution in [0.2, 0.25) is 5.02 Å². The van der Waals surface area contributed by atoms with Crippen molar-refractivity contribution >= 4 is 23.6 Å². The van der Waals surface area contributed by atoms with Gasteiger partial charge in [-0.2, -0.15) is 0 Å². The maximum atomic E-state index is 10.8. The molecule has 0 aliphatic heterocycles. The van der Waals surface area contributed by atoms with Crippen molar-refractivity contribution in [2.45, 2.75) is 6.92 Å². The number of carbonyl (C=O) groups excluding carboxylic acids is 1. The van der Waals surface area contributed by atoms with Crippen LogP contribution in [0, 0.1) is 6.92 Å². The number of hydrogen-bond donors (Lipinski definition) is 0. The van der Waals surface area contributed by atoms with Crippen LogP contribution in [0.3, 0.4) is 0 Å². The van der Waals surface area contributed by atoms with Gasteiger partial charge in [-0.3, -0.25) is 0 Å². The highest BCUT2D eigenvalue weighted by Crippen LogP contribution is 2.16. The molecule has 0 bridgehead atoms. The normalized spacial score (nSPS) is 10.5. The summed E-state index contributed by atoms with van der Waals surface area (Å²) in [4.78, 5) is 10.8. The van der Waals surface area contributed by atoms with Crippen LogP contribution in [-0.2, 0) is 9.53 Å². The van der Waals surface area contributed by atoms with Crippen LogP contribution in [0.25, 0.3) is 6.08 Å². The Morgan fingerprint density at radius 2 is 2.21 bits per heavy atom. The van der Waals surface area contributed by atoms with Gasteiger partial charge in [0.25, 0.3) is 0 Å². The van der Waals surface area contributed by atoms with E-state index < -0.39 is 0 Å². The molecule has 0 unspecified atom stereocenters. The molecule has 0 radical (unpaired) electrons. The summed E-state index contributed by atoms with van der Waals surface area (Å²) in [7, 11) is 1.34. The number of benzene rings is 1. The predicted molar refractivity (Wildman–Crippen MR) is 57.2 cm³/mol. The number of rotatable bonds is 2. The molecule has 0 aliphatic carbocycles. The molecular formula is C11H11ClO2. The molecule has 1 aromatic carbocycles. The minimum absolute atomic E-state index is 0.371. The quantitative estimate of drug-likeness (QED) is 0.554. The number of ether oxygens (including phenoxy) is 1. The van der Waals surface area contributed by atoms with Crippen molar-refractivity contribution in [3.63, 3.8) is 0 Å². The van der Waals surface area contributed by atoms with E-state index in [2.05, 4.69) is 4.74 Å². The number of esters is 1. The third kappa shape index (κ3) is 2.89. The van der Waals surface area contributed by atoms with E-state index in [1.165, 1.54) is 13.2 Å². The molecule has 14 heavy (non-hydrogen) atoms. The van der Waals surface area contributed by atoms with Gasteiger partial charge in [0.2, 0.25) is 0 Å². The van der Waals surface area contributed by atoms with Crippen LogP contribution in [0.4, 0.5) is 0 Å². The van der Waals surface area contributed by atoms with Crippen molar-refractivity contribution in [1.29, 1.82) is 0 Å². The van der Waals surface area contributed by atoms with E-state index in [4.69, 9.17) is 11.6 Å². The van der Waals surface area contributed by atoms with Crippen molar-refractivity contribution in [3.05, 3.63) is 40.4 Å². The summed E-state index contributed by atoms with van der Waals surface area (Å²) in [6.07, 6.45) is 3.06.